The average molecular weight is 402 g/mol. The molecule has 0 spiro atoms. The zero-order valence-corrected chi connectivity index (χ0v) is 14.7. The second-order valence-corrected chi connectivity index (χ2v) is 2.05. The van der Waals surface area contributed by atoms with Gasteiger partial charge in [0.15, 0.2) is 0 Å². The average Bonchev–Trinajstić information content (AvgIpc) is 2.23. The van der Waals surface area contributed by atoms with Crippen molar-refractivity contribution in [2.75, 3.05) is 33.2 Å². The van der Waals surface area contributed by atoms with Crippen molar-refractivity contribution in [2.45, 2.75) is 0 Å². The molecule has 0 aliphatic rings. The van der Waals surface area contributed by atoms with Gasteiger partial charge >= 0.3 is 12.3 Å². The van der Waals surface area contributed by atoms with E-state index in [0.717, 1.165) is 0 Å². The first-order valence-corrected chi connectivity index (χ1v) is 4.01. The van der Waals surface area contributed by atoms with Gasteiger partial charge in [-0.1, -0.05) is 0 Å². The number of aliphatic hydroxyl groups is 2. The van der Waals surface area contributed by atoms with Crippen LogP contribution in [0.4, 0.5) is 9.59 Å². The Kier molecular flexibility index (Phi) is 22.4. The van der Waals surface area contributed by atoms with Gasteiger partial charge in [-0.3, -0.25) is 0 Å². The van der Waals surface area contributed by atoms with Gasteiger partial charge in [-0.05, 0) is 0 Å². The summed E-state index contributed by atoms with van der Waals surface area (Å²) in [6.45, 7) is -1.71. The number of hydrogen-bond acceptors (Lipinski definition) is 8. The zero-order chi connectivity index (χ0) is 11.5. The Hall–Kier alpha value is 0.668. The molecule has 0 aromatic rings. The van der Waals surface area contributed by atoms with Gasteiger partial charge in [-0.2, -0.15) is 0 Å². The molecule has 17 heavy (non-hydrogen) atoms. The predicted octanol–water partition coefficient (Wildman–Crippen LogP) is -0.770. The molecule has 0 saturated carbocycles. The van der Waals surface area contributed by atoms with Crippen LogP contribution in [0.5, 0.6) is 0 Å². The smallest absolute Gasteiger partial charge is 0.432 e. The van der Waals surface area contributed by atoms with Crippen molar-refractivity contribution in [1.82, 2.24) is 0 Å². The van der Waals surface area contributed by atoms with Gasteiger partial charge in [0.25, 0.3) is 0 Å². The summed E-state index contributed by atoms with van der Waals surface area (Å²) in [5.74, 6) is 0. The summed E-state index contributed by atoms with van der Waals surface area (Å²) in [6.07, 6.45) is -2.14. The van der Waals surface area contributed by atoms with E-state index >= 15 is 0 Å². The fourth-order valence-electron chi connectivity index (χ4n) is 0.467. The van der Waals surface area contributed by atoms with Gasteiger partial charge in [-0.15, -0.1) is 0 Å². The summed E-state index contributed by atoms with van der Waals surface area (Å²) in [4.78, 5) is 21.1. The van der Waals surface area contributed by atoms with Crippen LogP contribution in [0.1, 0.15) is 0 Å². The third kappa shape index (κ3) is 16.7. The molecule has 94 valence electrons. The summed E-state index contributed by atoms with van der Waals surface area (Å²) in [5, 5.41) is 16.5. The van der Waals surface area contributed by atoms with Gasteiger partial charge in [-0.25, -0.2) is 9.59 Å². The van der Waals surface area contributed by atoms with E-state index in [-0.39, 0.29) is 91.8 Å². The molecule has 0 atom stereocenters. The van der Waals surface area contributed by atoms with Crippen LogP contribution in [0.25, 0.3) is 0 Å². The molecule has 0 bridgehead atoms. The first-order valence-electron chi connectivity index (χ1n) is 4.01. The second-order valence-electron chi connectivity index (χ2n) is 2.05. The molecule has 0 amide bonds. The number of aliphatic hydroxyl groups excluding tert-OH is 2. The maximum absolute atomic E-state index is 10.6. The Morgan fingerprint density at radius 1 is 0.765 bits per heavy atom. The van der Waals surface area contributed by atoms with E-state index in [4.69, 9.17) is 10.2 Å². The van der Waals surface area contributed by atoms with E-state index in [0.29, 0.717) is 0 Å². The molecular weight excluding hydrogens is 390 g/mol. The van der Waals surface area contributed by atoms with Crippen LogP contribution in [0.3, 0.4) is 0 Å². The number of carbonyl (C=O) groups is 2. The minimum absolute atomic E-state index is 0. The third-order valence-electron chi connectivity index (χ3n) is 0.976. The number of rotatable bonds is 6. The third-order valence-corrected chi connectivity index (χ3v) is 0.976. The van der Waals surface area contributed by atoms with Gasteiger partial charge in [0.2, 0.25) is 6.79 Å². The van der Waals surface area contributed by atoms with Gasteiger partial charge in [0.1, 0.15) is 13.2 Å². The van der Waals surface area contributed by atoms with Crippen molar-refractivity contribution >= 4 is 12.3 Å². The molecule has 2 N–H and O–H groups in total. The summed E-state index contributed by atoms with van der Waals surface area (Å²) in [6, 6.07) is 0. The number of ether oxygens (including phenoxy) is 4. The fourth-order valence-corrected chi connectivity index (χ4v) is 0.467. The number of hydrogen-bond donors (Lipinski definition) is 2. The van der Waals surface area contributed by atoms with Crippen molar-refractivity contribution < 1.29 is 104 Å². The zero-order valence-electron chi connectivity index (χ0n) is 9.03. The molecule has 0 heterocycles. The molecule has 0 aliphatic carbocycles. The molecule has 10 heteroatoms. The minimum atomic E-state index is -1.07. The van der Waals surface area contributed by atoms with Crippen LogP contribution in [-0.4, -0.2) is 55.7 Å². The van der Waals surface area contributed by atoms with Crippen LogP contribution in [0, 0.1) is 0 Å². The predicted molar refractivity (Wildman–Crippen MR) is 43.9 cm³/mol. The topological polar surface area (TPSA) is 112 Å². The van der Waals surface area contributed by atoms with E-state index in [1.807, 2.05) is 0 Å². The minimum Gasteiger partial charge on any atom is -0.432 e. The van der Waals surface area contributed by atoms with E-state index in [1.165, 1.54) is 0 Å². The quantitative estimate of drug-likeness (QED) is 0.441. The molecular formula is C7H12O8Y2. The van der Waals surface area contributed by atoms with E-state index in [2.05, 4.69) is 18.9 Å². The SMILES string of the molecule is O=C(OCCO)OCOC(=O)OCCO.[Y].[Y]. The maximum atomic E-state index is 10.6. The molecule has 0 fully saturated rings. The first-order chi connectivity index (χ1) is 7.20. The Bertz CT molecular complexity index is 180. The molecule has 0 aliphatic heterocycles. The van der Waals surface area contributed by atoms with E-state index in [9.17, 15) is 9.59 Å². The largest absolute Gasteiger partial charge is 0.511 e. The van der Waals surface area contributed by atoms with Crippen molar-refractivity contribution in [3.05, 3.63) is 0 Å². The second kappa shape index (κ2) is 16.7. The molecule has 0 aromatic carbocycles. The summed E-state index contributed by atoms with van der Waals surface area (Å²) in [5.41, 5.74) is 0. The Labute approximate surface area is 148 Å². The van der Waals surface area contributed by atoms with Crippen molar-refractivity contribution in [2.24, 2.45) is 0 Å². The molecule has 2 radical (unpaired) electrons. The molecule has 8 nitrogen and oxygen atoms in total. The molecule has 0 unspecified atom stereocenters. The van der Waals surface area contributed by atoms with Crippen LogP contribution in [0.15, 0.2) is 0 Å². The normalized spacial score (nSPS) is 8.12. The van der Waals surface area contributed by atoms with E-state index < -0.39 is 19.1 Å². The Morgan fingerprint density at radius 2 is 1.12 bits per heavy atom. The first kappa shape index (κ1) is 22.8. The van der Waals surface area contributed by atoms with Crippen LogP contribution < -0.4 is 0 Å². The van der Waals surface area contributed by atoms with Crippen molar-refractivity contribution in [3.63, 3.8) is 0 Å². The number of carbonyl (C=O) groups excluding carboxylic acids is 2. The molecule has 0 saturated heterocycles. The van der Waals surface area contributed by atoms with Gasteiger partial charge < -0.3 is 29.2 Å². The monoisotopic (exact) mass is 402 g/mol. The summed E-state index contributed by atoms with van der Waals surface area (Å²) in [7, 11) is 0. The Balaban J connectivity index is -0.000000980. The summed E-state index contributed by atoms with van der Waals surface area (Å²) < 4.78 is 17.0. The molecule has 0 rings (SSSR count). The van der Waals surface area contributed by atoms with Gasteiger partial charge in [0, 0.05) is 65.4 Å². The molecule has 0 aromatic heterocycles. The summed E-state index contributed by atoms with van der Waals surface area (Å²) >= 11 is 0. The van der Waals surface area contributed by atoms with Crippen LogP contribution in [-0.2, 0) is 84.4 Å². The van der Waals surface area contributed by atoms with Gasteiger partial charge in [0.05, 0.1) is 13.2 Å². The van der Waals surface area contributed by atoms with Crippen molar-refractivity contribution in [1.29, 1.82) is 0 Å². The fraction of sp³-hybridized carbons (Fsp3) is 0.714. The van der Waals surface area contributed by atoms with E-state index in [1.54, 1.807) is 0 Å². The maximum Gasteiger partial charge on any atom is 0.511 e. The standard InChI is InChI=1S/C7H12O8.2Y/c8-1-3-12-6(10)14-5-15-7(11)13-4-2-9;;/h8-9H,1-5H2;;. The van der Waals surface area contributed by atoms with Crippen LogP contribution >= 0.6 is 0 Å². The van der Waals surface area contributed by atoms with Crippen LogP contribution in [0.2, 0.25) is 0 Å². The Morgan fingerprint density at radius 3 is 1.41 bits per heavy atom. The van der Waals surface area contributed by atoms with Crippen molar-refractivity contribution in [3.8, 4) is 0 Å².